The molecule has 3 aromatic carbocycles. The number of aliphatic hydroxyl groups excluding tert-OH is 4. The van der Waals surface area contributed by atoms with Crippen molar-refractivity contribution in [3.63, 3.8) is 0 Å². The number of benzene rings is 3. The third-order valence-corrected chi connectivity index (χ3v) is 7.28. The number of carbonyl (C=O) groups is 2. The smallest absolute Gasteiger partial charge is 0.338 e. The lowest BCUT2D eigenvalue weighted by Gasteiger charge is -2.46. The number of aliphatic hydroxyl groups is 4. The monoisotopic (exact) mass is 610 g/mol. The van der Waals surface area contributed by atoms with Gasteiger partial charge in [-0.15, -0.1) is 0 Å². The largest absolute Gasteiger partial charge is 0.452 e. The quantitative estimate of drug-likeness (QED) is 0.242. The van der Waals surface area contributed by atoms with E-state index >= 15 is 0 Å². The molecule has 0 radical (unpaired) electrons. The number of carbonyl (C=O) groups excluding carboxylic acids is 2. The van der Waals surface area contributed by atoms with Gasteiger partial charge in [-0.05, 0) is 29.8 Å². The molecule has 3 aromatic rings. The molecular weight excluding hydrogens is 576 g/mol. The number of hydrogen-bond acceptors (Lipinski definition) is 12. The molecule has 44 heavy (non-hydrogen) atoms. The molecule has 0 saturated carbocycles. The molecule has 9 unspecified atom stereocenters. The number of ether oxygens (including phenoxy) is 6. The minimum absolute atomic E-state index is 0.0163. The molecule has 0 amide bonds. The topological polar surface area (TPSA) is 170 Å². The van der Waals surface area contributed by atoms with E-state index < -0.39 is 73.9 Å². The first-order valence-electron chi connectivity index (χ1n) is 14.1. The highest BCUT2D eigenvalue weighted by Crippen LogP contribution is 2.33. The first-order valence-corrected chi connectivity index (χ1v) is 14.1. The van der Waals surface area contributed by atoms with Gasteiger partial charge in [0.1, 0.15) is 30.5 Å². The zero-order chi connectivity index (χ0) is 31.1. The third-order valence-electron chi connectivity index (χ3n) is 7.28. The fourth-order valence-electron chi connectivity index (χ4n) is 4.92. The molecule has 2 saturated heterocycles. The van der Waals surface area contributed by atoms with Crippen LogP contribution in [0.25, 0.3) is 0 Å². The van der Waals surface area contributed by atoms with E-state index in [9.17, 15) is 30.0 Å². The highest BCUT2D eigenvalue weighted by atomic mass is 16.8. The van der Waals surface area contributed by atoms with Crippen molar-refractivity contribution in [1.82, 2.24) is 0 Å². The normalized spacial score (nSPS) is 30.3. The summed E-state index contributed by atoms with van der Waals surface area (Å²) in [6.07, 6.45) is -13.1. The molecule has 4 N–H and O–H groups in total. The molecule has 0 aliphatic carbocycles. The van der Waals surface area contributed by atoms with E-state index in [4.69, 9.17) is 28.4 Å². The highest BCUT2D eigenvalue weighted by Gasteiger charge is 2.54. The Bertz CT molecular complexity index is 1340. The van der Waals surface area contributed by atoms with E-state index in [1.54, 1.807) is 48.5 Å². The Labute approximate surface area is 253 Å². The summed E-state index contributed by atoms with van der Waals surface area (Å²) in [5, 5.41) is 41.1. The lowest BCUT2D eigenvalue weighted by molar-refractivity contribution is -0.348. The van der Waals surface area contributed by atoms with Gasteiger partial charge in [0.25, 0.3) is 0 Å². The van der Waals surface area contributed by atoms with Crippen molar-refractivity contribution in [2.24, 2.45) is 0 Å². The Kier molecular flexibility index (Phi) is 10.7. The maximum atomic E-state index is 13.4. The van der Waals surface area contributed by atoms with Crippen LogP contribution in [-0.4, -0.2) is 101 Å². The zero-order valence-electron chi connectivity index (χ0n) is 23.5. The van der Waals surface area contributed by atoms with E-state index in [0.717, 1.165) is 5.56 Å². The van der Waals surface area contributed by atoms with Gasteiger partial charge in [0.15, 0.2) is 24.8 Å². The molecular formula is C32H34O12. The molecule has 2 aliphatic rings. The van der Waals surface area contributed by atoms with Crippen molar-refractivity contribution in [2.45, 2.75) is 61.9 Å². The van der Waals surface area contributed by atoms with Crippen LogP contribution in [0.4, 0.5) is 0 Å². The number of rotatable bonds is 10. The minimum atomic E-state index is -1.71. The summed E-state index contributed by atoms with van der Waals surface area (Å²) < 4.78 is 35.3. The van der Waals surface area contributed by atoms with E-state index in [1.165, 1.54) is 12.1 Å². The third kappa shape index (κ3) is 7.49. The van der Waals surface area contributed by atoms with Crippen LogP contribution < -0.4 is 0 Å². The lowest BCUT2D eigenvalue weighted by Crippen LogP contribution is -2.65. The van der Waals surface area contributed by atoms with Gasteiger partial charge in [-0.1, -0.05) is 66.7 Å². The zero-order valence-corrected chi connectivity index (χ0v) is 23.5. The van der Waals surface area contributed by atoms with Crippen LogP contribution in [0.2, 0.25) is 0 Å². The molecule has 9 atom stereocenters. The maximum absolute atomic E-state index is 13.4. The average Bonchev–Trinajstić information content (AvgIpc) is 3.06. The fourth-order valence-corrected chi connectivity index (χ4v) is 4.92. The summed E-state index contributed by atoms with van der Waals surface area (Å²) in [4.78, 5) is 26.7. The standard InChI is InChI=1S/C32H34O12/c33-16-23-26(44-31-25(36)24(35)22(34)18-40-31)27(42-29(37)20-12-6-2-7-13-20)28(43-30(38)21-14-8-3-9-15-21)32(41-23)39-17-19-10-4-1-5-11-19/h1-15,22-28,31-36H,16-18H2. The second-order valence-electron chi connectivity index (χ2n) is 10.3. The van der Waals surface area contributed by atoms with Gasteiger partial charge in [-0.25, -0.2) is 9.59 Å². The van der Waals surface area contributed by atoms with Crippen LogP contribution in [0.3, 0.4) is 0 Å². The molecule has 5 rings (SSSR count). The molecule has 12 heteroatoms. The second kappa shape index (κ2) is 14.8. The van der Waals surface area contributed by atoms with E-state index in [1.807, 2.05) is 30.3 Å². The van der Waals surface area contributed by atoms with Crippen molar-refractivity contribution in [3.05, 3.63) is 108 Å². The van der Waals surface area contributed by atoms with Crippen molar-refractivity contribution in [3.8, 4) is 0 Å². The van der Waals surface area contributed by atoms with Crippen LogP contribution in [0.5, 0.6) is 0 Å². The first-order chi connectivity index (χ1) is 21.4. The van der Waals surface area contributed by atoms with Gasteiger partial charge in [0.05, 0.1) is 30.9 Å². The molecule has 2 aliphatic heterocycles. The summed E-state index contributed by atoms with van der Waals surface area (Å²) in [5.74, 6) is -1.58. The van der Waals surface area contributed by atoms with Crippen LogP contribution in [0.1, 0.15) is 26.3 Å². The molecule has 2 fully saturated rings. The first kappa shape index (κ1) is 31.7. The van der Waals surface area contributed by atoms with E-state index in [-0.39, 0.29) is 24.3 Å². The Morgan fingerprint density at radius 2 is 1.25 bits per heavy atom. The SMILES string of the molecule is O=C(OC1C(OCc2ccccc2)OC(CO)C(OC2OCC(O)C(O)C2O)C1OC(=O)c1ccccc1)c1ccccc1. The van der Waals surface area contributed by atoms with Crippen LogP contribution >= 0.6 is 0 Å². The molecule has 12 nitrogen and oxygen atoms in total. The van der Waals surface area contributed by atoms with Gasteiger partial charge in [0, 0.05) is 0 Å². The van der Waals surface area contributed by atoms with Crippen LogP contribution in [-0.2, 0) is 35.0 Å². The predicted molar refractivity (Wildman–Crippen MR) is 151 cm³/mol. The van der Waals surface area contributed by atoms with Gasteiger partial charge in [0.2, 0.25) is 0 Å². The van der Waals surface area contributed by atoms with Crippen molar-refractivity contribution in [1.29, 1.82) is 0 Å². The molecule has 0 aromatic heterocycles. The number of esters is 2. The van der Waals surface area contributed by atoms with Crippen LogP contribution in [0.15, 0.2) is 91.0 Å². The lowest BCUT2D eigenvalue weighted by atomic mass is 9.97. The van der Waals surface area contributed by atoms with Gasteiger partial charge >= 0.3 is 11.9 Å². The van der Waals surface area contributed by atoms with Gasteiger partial charge in [-0.3, -0.25) is 0 Å². The Morgan fingerprint density at radius 1 is 0.705 bits per heavy atom. The van der Waals surface area contributed by atoms with Crippen molar-refractivity contribution in [2.75, 3.05) is 13.2 Å². The Morgan fingerprint density at radius 3 is 1.82 bits per heavy atom. The molecule has 0 spiro atoms. The average molecular weight is 611 g/mol. The summed E-state index contributed by atoms with van der Waals surface area (Å²) in [6.45, 7) is -1.02. The summed E-state index contributed by atoms with van der Waals surface area (Å²) in [6, 6.07) is 25.3. The van der Waals surface area contributed by atoms with Crippen molar-refractivity contribution >= 4 is 11.9 Å². The molecule has 0 bridgehead atoms. The summed E-state index contributed by atoms with van der Waals surface area (Å²) >= 11 is 0. The van der Waals surface area contributed by atoms with Gasteiger partial charge in [-0.2, -0.15) is 0 Å². The summed E-state index contributed by atoms with van der Waals surface area (Å²) in [5.41, 5.74) is 1.15. The predicted octanol–water partition coefficient (Wildman–Crippen LogP) is 1.20. The second-order valence-corrected chi connectivity index (χ2v) is 10.3. The fraction of sp³-hybridized carbons (Fsp3) is 0.375. The molecule has 2 heterocycles. The van der Waals surface area contributed by atoms with Crippen molar-refractivity contribution < 1.29 is 58.4 Å². The number of hydrogen-bond donors (Lipinski definition) is 4. The highest BCUT2D eigenvalue weighted by molar-refractivity contribution is 5.90. The summed E-state index contributed by atoms with van der Waals surface area (Å²) in [7, 11) is 0. The Hall–Kier alpha value is -3.72. The minimum Gasteiger partial charge on any atom is -0.452 e. The van der Waals surface area contributed by atoms with E-state index in [2.05, 4.69) is 0 Å². The maximum Gasteiger partial charge on any atom is 0.338 e. The van der Waals surface area contributed by atoms with Gasteiger partial charge < -0.3 is 48.8 Å². The Balaban J connectivity index is 1.50. The van der Waals surface area contributed by atoms with Crippen LogP contribution in [0, 0.1) is 0 Å². The van der Waals surface area contributed by atoms with E-state index in [0.29, 0.717) is 0 Å². The molecule has 234 valence electrons.